The topological polar surface area (TPSA) is 53.2 Å². The molecule has 0 unspecified atom stereocenters. The molecule has 1 aromatic heterocycles. The maximum atomic E-state index is 13.6. The first-order chi connectivity index (χ1) is 11.5. The molecule has 1 aliphatic heterocycles. The van der Waals surface area contributed by atoms with Gasteiger partial charge in [-0.05, 0) is 53.0 Å². The van der Waals surface area contributed by atoms with E-state index in [1.54, 1.807) is 40.8 Å². The van der Waals surface area contributed by atoms with Crippen LogP contribution >= 0.6 is 22.3 Å². The van der Waals surface area contributed by atoms with Crippen molar-refractivity contribution in [1.29, 1.82) is 0 Å². The van der Waals surface area contributed by atoms with E-state index in [9.17, 15) is 9.00 Å². The maximum absolute atomic E-state index is 13.6. The van der Waals surface area contributed by atoms with Gasteiger partial charge in [-0.25, -0.2) is 4.21 Å². The minimum Gasteiger partial charge on any atom is -0.329 e. The largest absolute Gasteiger partial charge is 0.329 e. The van der Waals surface area contributed by atoms with Gasteiger partial charge in [0.25, 0.3) is 5.56 Å². The predicted octanol–water partition coefficient (Wildman–Crippen LogP) is 3.69. The lowest BCUT2D eigenvalue weighted by Crippen LogP contribution is -2.31. The Morgan fingerprint density at radius 2 is 1.96 bits per heavy atom. The van der Waals surface area contributed by atoms with E-state index < -0.39 is 9.33 Å². The second-order valence-electron chi connectivity index (χ2n) is 5.69. The summed E-state index contributed by atoms with van der Waals surface area (Å²) < 4.78 is 15.3. The van der Waals surface area contributed by atoms with Crippen molar-refractivity contribution in [3.8, 4) is 0 Å². The van der Waals surface area contributed by atoms with E-state index in [0.29, 0.717) is 27.2 Å². The molecule has 0 radical (unpaired) electrons. The first-order valence-corrected chi connectivity index (χ1v) is 10.4. The molecule has 1 aliphatic rings. The smallest absolute Gasteiger partial charge is 0.255 e. The quantitative estimate of drug-likeness (QED) is 0.526. The van der Waals surface area contributed by atoms with Gasteiger partial charge in [-0.2, -0.15) is 0 Å². The zero-order valence-electron chi connectivity index (χ0n) is 12.5. The molecule has 0 fully saturated rings. The lowest BCUT2D eigenvalue weighted by molar-refractivity contribution is 0.677. The standard InChI is InChI=1S/C17H14Cl2N2O2S/c18-12-5-4-11-7-9-21(15(11)10-12)24(19,23)16-3-1-2-14-13(16)6-8-20-17(14)22/h1-6,8,10,24H,7,9H2,(H,20,22). The molecule has 0 bridgehead atoms. The molecule has 24 heavy (non-hydrogen) atoms. The van der Waals surface area contributed by atoms with Crippen molar-refractivity contribution in [2.45, 2.75) is 11.3 Å². The van der Waals surface area contributed by atoms with E-state index in [-0.39, 0.29) is 5.56 Å². The highest BCUT2D eigenvalue weighted by Gasteiger charge is 2.31. The summed E-state index contributed by atoms with van der Waals surface area (Å²) >= 11 is 6.10. The molecule has 2 heterocycles. The number of nitrogens with one attached hydrogen (secondary N) is 1. The summed E-state index contributed by atoms with van der Waals surface area (Å²) in [4.78, 5) is 15.1. The second-order valence-corrected chi connectivity index (χ2v) is 9.47. The number of H-pyrrole nitrogens is 1. The molecule has 124 valence electrons. The second kappa shape index (κ2) is 5.62. The summed E-state index contributed by atoms with van der Waals surface area (Å²) in [5.41, 5.74) is 1.64. The van der Waals surface area contributed by atoms with E-state index in [1.807, 2.05) is 12.1 Å². The van der Waals surface area contributed by atoms with Crippen molar-refractivity contribution in [2.75, 3.05) is 10.8 Å². The molecule has 2 aromatic carbocycles. The van der Waals surface area contributed by atoms with Gasteiger partial charge in [0, 0.05) is 28.5 Å². The van der Waals surface area contributed by atoms with Crippen LogP contribution in [0.15, 0.2) is 58.4 Å². The zero-order valence-corrected chi connectivity index (χ0v) is 14.9. The highest BCUT2D eigenvalue weighted by Crippen LogP contribution is 2.41. The summed E-state index contributed by atoms with van der Waals surface area (Å²) in [5, 5.41) is 1.66. The minimum absolute atomic E-state index is 0.226. The number of aromatic amines is 1. The van der Waals surface area contributed by atoms with E-state index in [2.05, 4.69) is 4.98 Å². The van der Waals surface area contributed by atoms with Gasteiger partial charge >= 0.3 is 0 Å². The molecule has 1 N–H and O–H groups in total. The Balaban J connectivity index is 1.92. The van der Waals surface area contributed by atoms with E-state index in [1.165, 1.54) is 0 Å². The Labute approximate surface area is 149 Å². The van der Waals surface area contributed by atoms with E-state index in [0.717, 1.165) is 17.7 Å². The number of anilines is 1. The van der Waals surface area contributed by atoms with Crippen LogP contribution in [0.5, 0.6) is 0 Å². The van der Waals surface area contributed by atoms with Crippen LogP contribution < -0.4 is 9.86 Å². The third kappa shape index (κ3) is 2.35. The fourth-order valence-electron chi connectivity index (χ4n) is 3.18. The highest BCUT2D eigenvalue weighted by molar-refractivity contribution is 8.24. The Bertz CT molecular complexity index is 1060. The molecule has 0 saturated heterocycles. The van der Waals surface area contributed by atoms with Crippen LogP contribution in [0.2, 0.25) is 5.02 Å². The third-order valence-electron chi connectivity index (χ3n) is 4.32. The molecule has 3 aromatic rings. The Kier molecular flexibility index (Phi) is 3.67. The van der Waals surface area contributed by atoms with Crippen LogP contribution in [0.3, 0.4) is 0 Å². The van der Waals surface area contributed by atoms with Gasteiger partial charge in [0.05, 0.1) is 19.9 Å². The van der Waals surface area contributed by atoms with Gasteiger partial charge < -0.3 is 4.98 Å². The van der Waals surface area contributed by atoms with Gasteiger partial charge in [-0.1, -0.05) is 23.7 Å². The molecule has 0 spiro atoms. The summed E-state index contributed by atoms with van der Waals surface area (Å²) in [6, 6.07) is 12.4. The SMILES string of the molecule is O=c1[nH]ccc2c([SH](=O)(Cl)N3CCc4ccc(Cl)cc43)cccc12. The van der Waals surface area contributed by atoms with Crippen LogP contribution in [0, 0.1) is 0 Å². The lowest BCUT2D eigenvalue weighted by Gasteiger charge is -2.31. The number of halogens is 2. The number of hydrogen-bond donors (Lipinski definition) is 2. The Morgan fingerprint density at radius 3 is 2.79 bits per heavy atom. The van der Waals surface area contributed by atoms with Gasteiger partial charge in [0.2, 0.25) is 0 Å². The first-order valence-electron chi connectivity index (χ1n) is 7.45. The van der Waals surface area contributed by atoms with Crippen molar-refractivity contribution in [2.24, 2.45) is 0 Å². The third-order valence-corrected chi connectivity index (χ3v) is 7.67. The number of hydrogen-bond acceptors (Lipinski definition) is 2. The number of nitrogens with zero attached hydrogens (tertiary/aromatic N) is 1. The highest BCUT2D eigenvalue weighted by atomic mass is 35.7. The van der Waals surface area contributed by atoms with Gasteiger partial charge in [0.1, 0.15) is 0 Å². The molecular weight excluding hydrogens is 367 g/mol. The van der Waals surface area contributed by atoms with Crippen molar-refractivity contribution in [1.82, 2.24) is 4.98 Å². The number of rotatable bonds is 2. The van der Waals surface area contributed by atoms with Gasteiger partial charge in [-0.3, -0.25) is 9.10 Å². The Hall–Kier alpha value is -1.82. The van der Waals surface area contributed by atoms with Gasteiger partial charge in [0.15, 0.2) is 0 Å². The average Bonchev–Trinajstić information content (AvgIpc) is 2.98. The average molecular weight is 381 g/mol. The predicted molar refractivity (Wildman–Crippen MR) is 101 cm³/mol. The summed E-state index contributed by atoms with van der Waals surface area (Å²) in [6.45, 7) is 0.552. The maximum Gasteiger partial charge on any atom is 0.255 e. The van der Waals surface area contributed by atoms with Crippen molar-refractivity contribution < 1.29 is 4.21 Å². The summed E-state index contributed by atoms with van der Waals surface area (Å²) in [6.07, 6.45) is 2.30. The van der Waals surface area contributed by atoms with Crippen LogP contribution in [0.4, 0.5) is 5.69 Å². The zero-order chi connectivity index (χ0) is 16.9. The number of pyridine rings is 1. The van der Waals surface area contributed by atoms with Crippen LogP contribution in [0.25, 0.3) is 10.8 Å². The van der Waals surface area contributed by atoms with Crippen LogP contribution in [0.1, 0.15) is 5.56 Å². The molecule has 4 nitrogen and oxygen atoms in total. The van der Waals surface area contributed by atoms with Crippen LogP contribution in [-0.2, 0) is 15.8 Å². The lowest BCUT2D eigenvalue weighted by atomic mass is 10.2. The minimum atomic E-state index is -3.42. The number of aromatic nitrogens is 1. The van der Waals surface area contributed by atoms with E-state index >= 15 is 0 Å². The molecule has 0 saturated carbocycles. The fourth-order valence-corrected chi connectivity index (χ4v) is 6.10. The normalized spacial score (nSPS) is 14.8. The molecule has 7 heteroatoms. The van der Waals surface area contributed by atoms with Crippen molar-refractivity contribution in [3.05, 3.63) is 69.6 Å². The fraction of sp³-hybridized carbons (Fsp3) is 0.118. The first kappa shape index (κ1) is 15.7. The van der Waals surface area contributed by atoms with Gasteiger partial charge in [-0.15, -0.1) is 0 Å². The summed E-state index contributed by atoms with van der Waals surface area (Å²) in [5.74, 6) is 0. The number of benzene rings is 2. The number of fused-ring (bicyclic) bond motifs is 2. The Morgan fingerprint density at radius 1 is 1.12 bits per heavy atom. The monoisotopic (exact) mass is 380 g/mol. The number of thiol groups is 1. The van der Waals surface area contributed by atoms with Crippen molar-refractivity contribution in [3.63, 3.8) is 0 Å². The van der Waals surface area contributed by atoms with Crippen molar-refractivity contribution >= 4 is 48.1 Å². The molecule has 0 atom stereocenters. The molecule has 0 aliphatic carbocycles. The molecule has 0 amide bonds. The van der Waals surface area contributed by atoms with Crippen LogP contribution in [-0.4, -0.2) is 15.7 Å². The molecule has 4 rings (SSSR count). The van der Waals surface area contributed by atoms with E-state index in [4.69, 9.17) is 22.3 Å². The molecular formula is C17H14Cl2N2O2S. The summed E-state index contributed by atoms with van der Waals surface area (Å²) in [7, 11) is 3.19.